The van der Waals surface area contributed by atoms with E-state index in [9.17, 15) is 4.79 Å². The minimum atomic E-state index is -0.534. The highest BCUT2D eigenvalue weighted by molar-refractivity contribution is 7.09. The molecule has 1 aromatic rings. The molecule has 3 nitrogen and oxygen atoms in total. The number of primary amides is 1. The maximum absolute atomic E-state index is 11.7. The maximum Gasteiger partial charge on any atom is 0.237 e. The number of carbonyl (C=O) groups is 1. The van der Waals surface area contributed by atoms with Crippen molar-refractivity contribution in [2.24, 2.45) is 5.73 Å². The normalized spacial score (nSPS) is 11.6. The van der Waals surface area contributed by atoms with E-state index in [0.717, 1.165) is 32.2 Å². The lowest BCUT2D eigenvalue weighted by Gasteiger charge is -2.31. The second-order valence-electron chi connectivity index (χ2n) is 4.38. The predicted octanol–water partition coefficient (Wildman–Crippen LogP) is 2.66. The number of rotatable bonds is 8. The number of nitrogens with one attached hydrogen (secondary N) is 1. The number of hydrogen-bond donors (Lipinski definition) is 2. The van der Waals surface area contributed by atoms with Gasteiger partial charge in [0.15, 0.2) is 0 Å². The summed E-state index contributed by atoms with van der Waals surface area (Å²) in [5.41, 5.74) is 5.05. The molecule has 1 aromatic heterocycles. The van der Waals surface area contributed by atoms with Crippen LogP contribution in [0.4, 0.5) is 0 Å². The molecule has 3 N–H and O–H groups in total. The molecule has 96 valence electrons. The van der Waals surface area contributed by atoms with Gasteiger partial charge in [0.25, 0.3) is 0 Å². The number of hydrogen-bond acceptors (Lipinski definition) is 3. The first kappa shape index (κ1) is 14.2. The summed E-state index contributed by atoms with van der Waals surface area (Å²) < 4.78 is 0. The zero-order chi connectivity index (χ0) is 12.7. The molecular weight excluding hydrogens is 232 g/mol. The van der Waals surface area contributed by atoms with Crippen molar-refractivity contribution in [3.8, 4) is 0 Å². The van der Waals surface area contributed by atoms with E-state index in [1.165, 1.54) is 4.88 Å². The molecule has 0 unspecified atom stereocenters. The van der Waals surface area contributed by atoms with Crippen LogP contribution < -0.4 is 11.1 Å². The monoisotopic (exact) mass is 254 g/mol. The van der Waals surface area contributed by atoms with Crippen LogP contribution in [-0.4, -0.2) is 11.4 Å². The molecule has 0 spiro atoms. The van der Waals surface area contributed by atoms with Gasteiger partial charge in [0, 0.05) is 11.4 Å². The zero-order valence-electron chi connectivity index (χ0n) is 10.7. The van der Waals surface area contributed by atoms with Crippen molar-refractivity contribution in [3.63, 3.8) is 0 Å². The molecule has 0 saturated carbocycles. The van der Waals surface area contributed by atoms with Gasteiger partial charge in [-0.3, -0.25) is 10.1 Å². The lowest BCUT2D eigenvalue weighted by atomic mass is 9.87. The lowest BCUT2D eigenvalue weighted by Crippen LogP contribution is -2.54. The Morgan fingerprint density at radius 1 is 1.41 bits per heavy atom. The third-order valence-corrected chi connectivity index (χ3v) is 3.88. The number of carbonyl (C=O) groups excluding carboxylic acids is 1. The fraction of sp³-hybridized carbons (Fsp3) is 0.615. The van der Waals surface area contributed by atoms with E-state index in [4.69, 9.17) is 5.73 Å². The van der Waals surface area contributed by atoms with Gasteiger partial charge in [-0.25, -0.2) is 0 Å². The summed E-state index contributed by atoms with van der Waals surface area (Å²) in [6.45, 7) is 4.89. The Morgan fingerprint density at radius 2 is 2.06 bits per heavy atom. The van der Waals surface area contributed by atoms with Crippen LogP contribution in [0.1, 0.15) is 44.4 Å². The average Bonchev–Trinajstić information content (AvgIpc) is 2.79. The highest BCUT2D eigenvalue weighted by Gasteiger charge is 2.33. The molecule has 17 heavy (non-hydrogen) atoms. The van der Waals surface area contributed by atoms with Crippen molar-refractivity contribution >= 4 is 17.2 Å². The second kappa shape index (κ2) is 6.77. The second-order valence-corrected chi connectivity index (χ2v) is 5.41. The minimum absolute atomic E-state index is 0.224. The summed E-state index contributed by atoms with van der Waals surface area (Å²) in [4.78, 5) is 13.0. The van der Waals surface area contributed by atoms with Gasteiger partial charge >= 0.3 is 0 Å². The van der Waals surface area contributed by atoms with E-state index in [0.29, 0.717) is 0 Å². The van der Waals surface area contributed by atoms with E-state index in [2.05, 4.69) is 25.2 Å². The Hall–Kier alpha value is -0.870. The fourth-order valence-corrected chi connectivity index (χ4v) is 2.80. The first-order valence-corrected chi connectivity index (χ1v) is 7.10. The fourth-order valence-electron chi connectivity index (χ4n) is 2.16. The Bertz CT molecular complexity index is 329. The first-order chi connectivity index (χ1) is 8.14. The third-order valence-electron chi connectivity index (χ3n) is 3.01. The van der Waals surface area contributed by atoms with Crippen LogP contribution in [0, 0.1) is 0 Å². The van der Waals surface area contributed by atoms with Crippen LogP contribution in [0.3, 0.4) is 0 Å². The summed E-state index contributed by atoms with van der Waals surface area (Å²) in [6, 6.07) is 4.09. The predicted molar refractivity (Wildman–Crippen MR) is 72.9 cm³/mol. The van der Waals surface area contributed by atoms with E-state index < -0.39 is 5.54 Å². The molecule has 0 aliphatic heterocycles. The van der Waals surface area contributed by atoms with Crippen molar-refractivity contribution in [3.05, 3.63) is 22.4 Å². The molecule has 1 heterocycles. The molecule has 1 amide bonds. The van der Waals surface area contributed by atoms with Crippen LogP contribution in [0.2, 0.25) is 0 Å². The van der Waals surface area contributed by atoms with Crippen molar-refractivity contribution in [1.29, 1.82) is 0 Å². The molecule has 0 atom stereocenters. The summed E-state index contributed by atoms with van der Waals surface area (Å²) in [6.07, 6.45) is 3.53. The number of nitrogens with two attached hydrogens (primary N) is 1. The molecule has 0 saturated heterocycles. The van der Waals surface area contributed by atoms with Gasteiger partial charge in [0.2, 0.25) is 5.91 Å². The zero-order valence-corrected chi connectivity index (χ0v) is 11.5. The van der Waals surface area contributed by atoms with Crippen LogP contribution in [0.5, 0.6) is 0 Å². The van der Waals surface area contributed by atoms with Gasteiger partial charge < -0.3 is 5.73 Å². The maximum atomic E-state index is 11.7. The van der Waals surface area contributed by atoms with Gasteiger partial charge in [0.05, 0.1) is 5.54 Å². The molecule has 0 fully saturated rings. The summed E-state index contributed by atoms with van der Waals surface area (Å²) in [5.74, 6) is -0.224. The lowest BCUT2D eigenvalue weighted by molar-refractivity contribution is -0.125. The molecule has 0 aromatic carbocycles. The smallest absolute Gasteiger partial charge is 0.237 e. The van der Waals surface area contributed by atoms with Gasteiger partial charge in [-0.2, -0.15) is 0 Å². The number of thiophene rings is 1. The SMILES string of the molecule is CCCC(CCC)(NCc1cccs1)C(N)=O. The van der Waals surface area contributed by atoms with Crippen LogP contribution in [0.25, 0.3) is 0 Å². The van der Waals surface area contributed by atoms with Gasteiger partial charge in [-0.05, 0) is 24.3 Å². The van der Waals surface area contributed by atoms with Crippen LogP contribution in [-0.2, 0) is 11.3 Å². The Labute approximate surface area is 107 Å². The van der Waals surface area contributed by atoms with Gasteiger partial charge in [0.1, 0.15) is 0 Å². The Balaban J connectivity index is 2.70. The number of amides is 1. The largest absolute Gasteiger partial charge is 0.368 e. The summed E-state index contributed by atoms with van der Waals surface area (Å²) in [5, 5.41) is 5.42. The van der Waals surface area contributed by atoms with E-state index >= 15 is 0 Å². The van der Waals surface area contributed by atoms with E-state index in [1.807, 2.05) is 11.4 Å². The Kier molecular flexibility index (Phi) is 5.65. The van der Waals surface area contributed by atoms with Crippen molar-refractivity contribution < 1.29 is 4.79 Å². The molecule has 0 aliphatic carbocycles. The molecule has 0 radical (unpaired) electrons. The van der Waals surface area contributed by atoms with Crippen LogP contribution >= 0.6 is 11.3 Å². The van der Waals surface area contributed by atoms with Gasteiger partial charge in [-0.1, -0.05) is 32.8 Å². The molecule has 1 rings (SSSR count). The summed E-state index contributed by atoms with van der Waals surface area (Å²) in [7, 11) is 0. The quantitative estimate of drug-likeness (QED) is 0.749. The summed E-state index contributed by atoms with van der Waals surface area (Å²) >= 11 is 1.70. The standard InChI is InChI=1S/C13H22N2OS/c1-3-7-13(8-4-2,12(14)16)15-10-11-6-5-9-17-11/h5-6,9,15H,3-4,7-8,10H2,1-2H3,(H2,14,16). The Morgan fingerprint density at radius 3 is 2.47 bits per heavy atom. The minimum Gasteiger partial charge on any atom is -0.368 e. The van der Waals surface area contributed by atoms with Crippen molar-refractivity contribution in [2.45, 2.75) is 51.6 Å². The van der Waals surface area contributed by atoms with Crippen molar-refractivity contribution in [1.82, 2.24) is 5.32 Å². The van der Waals surface area contributed by atoms with E-state index in [-0.39, 0.29) is 5.91 Å². The highest BCUT2D eigenvalue weighted by atomic mass is 32.1. The molecular formula is C13H22N2OS. The highest BCUT2D eigenvalue weighted by Crippen LogP contribution is 2.21. The molecule has 0 bridgehead atoms. The van der Waals surface area contributed by atoms with Crippen molar-refractivity contribution in [2.75, 3.05) is 0 Å². The molecule has 4 heteroatoms. The average molecular weight is 254 g/mol. The third kappa shape index (κ3) is 3.82. The molecule has 0 aliphatic rings. The topological polar surface area (TPSA) is 55.1 Å². The first-order valence-electron chi connectivity index (χ1n) is 6.22. The van der Waals surface area contributed by atoms with Gasteiger partial charge in [-0.15, -0.1) is 11.3 Å². The van der Waals surface area contributed by atoms with Crippen LogP contribution in [0.15, 0.2) is 17.5 Å². The van der Waals surface area contributed by atoms with E-state index in [1.54, 1.807) is 11.3 Å².